The predicted molar refractivity (Wildman–Crippen MR) is 68.1 cm³/mol. The Morgan fingerprint density at radius 2 is 2.20 bits per heavy atom. The molecule has 7 nitrogen and oxygen atoms in total. The lowest BCUT2D eigenvalue weighted by molar-refractivity contribution is -0.140. The summed E-state index contributed by atoms with van der Waals surface area (Å²) < 4.78 is 5.42. The molecule has 0 bridgehead atoms. The van der Waals surface area contributed by atoms with Crippen molar-refractivity contribution in [2.24, 2.45) is 0 Å². The summed E-state index contributed by atoms with van der Waals surface area (Å²) in [5.74, 6) is -0.184. The van der Waals surface area contributed by atoms with Crippen molar-refractivity contribution in [1.82, 2.24) is 15.5 Å². The maximum Gasteiger partial charge on any atom is 0.329 e. The van der Waals surface area contributed by atoms with Crippen LogP contribution >= 0.6 is 0 Å². The van der Waals surface area contributed by atoms with Crippen molar-refractivity contribution in [1.29, 1.82) is 0 Å². The van der Waals surface area contributed by atoms with Crippen molar-refractivity contribution in [3.63, 3.8) is 0 Å². The van der Waals surface area contributed by atoms with Crippen LogP contribution in [0.4, 0.5) is 0 Å². The van der Waals surface area contributed by atoms with E-state index in [2.05, 4.69) is 15.5 Å². The van der Waals surface area contributed by atoms with E-state index in [0.717, 1.165) is 5.76 Å². The molecule has 3 N–H and O–H groups in total. The first kappa shape index (κ1) is 12.5. The molecule has 0 saturated heterocycles. The number of aryl methyl sites for hydroxylation is 1. The fraction of sp³-hybridized carbons (Fsp3) is 0.308. The number of carboxylic acids is 1. The van der Waals surface area contributed by atoms with Gasteiger partial charge in [-0.05, 0) is 31.9 Å². The molecular weight excluding hydrogens is 262 g/mol. The molecule has 20 heavy (non-hydrogen) atoms. The fourth-order valence-electron chi connectivity index (χ4n) is 1.94. The van der Waals surface area contributed by atoms with E-state index < -0.39 is 17.4 Å². The molecule has 0 unspecified atom stereocenters. The van der Waals surface area contributed by atoms with Gasteiger partial charge in [-0.3, -0.25) is 9.89 Å². The Bertz CT molecular complexity index is 681. The van der Waals surface area contributed by atoms with Crippen molar-refractivity contribution >= 4 is 11.9 Å². The first-order chi connectivity index (χ1) is 9.50. The molecular formula is C13H13N3O4. The number of carboxylic acid groups (broad SMARTS) is 1. The van der Waals surface area contributed by atoms with Crippen LogP contribution in [-0.2, 0) is 4.79 Å². The van der Waals surface area contributed by atoms with Crippen LogP contribution in [0.25, 0.3) is 11.5 Å². The lowest BCUT2D eigenvalue weighted by Crippen LogP contribution is -2.43. The van der Waals surface area contributed by atoms with Crippen LogP contribution in [0.5, 0.6) is 0 Å². The number of furan rings is 1. The topological polar surface area (TPSA) is 108 Å². The van der Waals surface area contributed by atoms with E-state index in [4.69, 9.17) is 9.52 Å². The molecule has 1 amide bonds. The number of aromatic nitrogens is 2. The van der Waals surface area contributed by atoms with Crippen molar-refractivity contribution in [2.75, 3.05) is 0 Å². The predicted octanol–water partition coefficient (Wildman–Crippen LogP) is 1.33. The molecule has 2 aromatic rings. The molecule has 2 heterocycles. The van der Waals surface area contributed by atoms with Gasteiger partial charge in [-0.15, -0.1) is 0 Å². The van der Waals surface area contributed by atoms with E-state index in [1.54, 1.807) is 12.1 Å². The average Bonchev–Trinajstić information content (AvgIpc) is 2.86. The first-order valence-electron chi connectivity index (χ1n) is 6.18. The zero-order chi connectivity index (χ0) is 14.3. The Morgan fingerprint density at radius 3 is 2.75 bits per heavy atom. The third-order valence-electron chi connectivity index (χ3n) is 3.33. The standard InChI is InChI=1S/C13H13N3O4/c1-7-2-3-10(20-7)8-6-9(16-15-8)11(17)14-13(4-5-13)12(18)19/h2-3,6H,4-5H2,1H3,(H,14,17)(H,15,16)(H,18,19). The Morgan fingerprint density at radius 1 is 1.45 bits per heavy atom. The van der Waals surface area contributed by atoms with Crippen LogP contribution in [0.15, 0.2) is 22.6 Å². The zero-order valence-electron chi connectivity index (χ0n) is 10.8. The van der Waals surface area contributed by atoms with Crippen LogP contribution in [-0.4, -0.2) is 32.7 Å². The quantitative estimate of drug-likeness (QED) is 0.780. The van der Waals surface area contributed by atoms with Crippen LogP contribution in [0, 0.1) is 6.92 Å². The van der Waals surface area contributed by atoms with Crippen molar-refractivity contribution in [3.8, 4) is 11.5 Å². The summed E-state index contributed by atoms with van der Waals surface area (Å²) in [6, 6.07) is 5.11. The van der Waals surface area contributed by atoms with Crippen LogP contribution < -0.4 is 5.32 Å². The Labute approximate surface area is 114 Å². The molecule has 7 heteroatoms. The zero-order valence-corrected chi connectivity index (χ0v) is 10.8. The van der Waals surface area contributed by atoms with Crippen LogP contribution in [0.3, 0.4) is 0 Å². The Hall–Kier alpha value is -2.57. The summed E-state index contributed by atoms with van der Waals surface area (Å²) in [6.45, 7) is 1.82. The molecule has 0 aromatic carbocycles. The molecule has 2 aromatic heterocycles. The van der Waals surface area contributed by atoms with E-state index in [1.165, 1.54) is 6.07 Å². The molecule has 0 radical (unpaired) electrons. The smallest absolute Gasteiger partial charge is 0.329 e. The number of nitrogens with zero attached hydrogens (tertiary/aromatic N) is 1. The van der Waals surface area contributed by atoms with Gasteiger partial charge in [-0.2, -0.15) is 5.10 Å². The fourth-order valence-corrected chi connectivity index (χ4v) is 1.94. The molecule has 1 saturated carbocycles. The second-order valence-electron chi connectivity index (χ2n) is 4.92. The summed E-state index contributed by atoms with van der Waals surface area (Å²) in [5, 5.41) is 18.1. The maximum atomic E-state index is 12.0. The van der Waals surface area contributed by atoms with E-state index in [0.29, 0.717) is 24.3 Å². The summed E-state index contributed by atoms with van der Waals surface area (Å²) in [5.41, 5.74) is -0.401. The van der Waals surface area contributed by atoms with Gasteiger partial charge in [0.2, 0.25) is 0 Å². The molecule has 1 aliphatic carbocycles. The Balaban J connectivity index is 1.77. The number of nitrogens with one attached hydrogen (secondary N) is 2. The van der Waals surface area contributed by atoms with Crippen LogP contribution in [0.1, 0.15) is 29.1 Å². The monoisotopic (exact) mass is 275 g/mol. The highest BCUT2D eigenvalue weighted by atomic mass is 16.4. The van der Waals surface area contributed by atoms with Gasteiger partial charge in [0, 0.05) is 6.07 Å². The summed E-state index contributed by atoms with van der Waals surface area (Å²) in [4.78, 5) is 23.0. The van der Waals surface area contributed by atoms with Crippen molar-refractivity contribution in [2.45, 2.75) is 25.3 Å². The number of amides is 1. The minimum Gasteiger partial charge on any atom is -0.480 e. The van der Waals surface area contributed by atoms with E-state index in [1.807, 2.05) is 6.92 Å². The van der Waals surface area contributed by atoms with Gasteiger partial charge in [0.25, 0.3) is 5.91 Å². The molecule has 0 atom stereocenters. The number of H-pyrrole nitrogens is 1. The third kappa shape index (κ3) is 2.07. The summed E-state index contributed by atoms with van der Waals surface area (Å²) >= 11 is 0. The SMILES string of the molecule is Cc1ccc(-c2cc(C(=O)NC3(C(=O)O)CC3)n[nH]2)o1. The van der Waals surface area contributed by atoms with Gasteiger partial charge in [0.1, 0.15) is 17.0 Å². The largest absolute Gasteiger partial charge is 0.480 e. The van der Waals surface area contributed by atoms with Crippen molar-refractivity contribution < 1.29 is 19.1 Å². The van der Waals surface area contributed by atoms with Crippen molar-refractivity contribution in [3.05, 3.63) is 29.7 Å². The minimum absolute atomic E-state index is 0.140. The number of rotatable bonds is 4. The second kappa shape index (κ2) is 4.22. The Kier molecular flexibility index (Phi) is 2.63. The minimum atomic E-state index is -1.11. The lowest BCUT2D eigenvalue weighted by Gasteiger charge is -2.10. The molecule has 0 aliphatic heterocycles. The van der Waals surface area contributed by atoms with Crippen LogP contribution in [0.2, 0.25) is 0 Å². The molecule has 104 valence electrons. The summed E-state index contributed by atoms with van der Waals surface area (Å²) in [7, 11) is 0. The first-order valence-corrected chi connectivity index (χ1v) is 6.18. The maximum absolute atomic E-state index is 12.0. The molecule has 1 aliphatic rings. The van der Waals surface area contributed by atoms with E-state index in [9.17, 15) is 9.59 Å². The van der Waals surface area contributed by atoms with Gasteiger partial charge in [0.15, 0.2) is 11.5 Å². The van der Waals surface area contributed by atoms with Gasteiger partial charge in [0.05, 0.1) is 0 Å². The number of carbonyl (C=O) groups excluding carboxylic acids is 1. The van der Waals surface area contributed by atoms with Gasteiger partial charge in [-0.1, -0.05) is 0 Å². The van der Waals surface area contributed by atoms with Gasteiger partial charge >= 0.3 is 5.97 Å². The third-order valence-corrected chi connectivity index (χ3v) is 3.33. The van der Waals surface area contributed by atoms with Gasteiger partial charge in [-0.25, -0.2) is 4.79 Å². The molecule has 0 spiro atoms. The number of carbonyl (C=O) groups is 2. The highest BCUT2D eigenvalue weighted by Crippen LogP contribution is 2.35. The normalized spacial score (nSPS) is 15.8. The number of hydrogen-bond donors (Lipinski definition) is 3. The number of aromatic amines is 1. The highest BCUT2D eigenvalue weighted by Gasteiger charge is 2.51. The molecule has 1 fully saturated rings. The highest BCUT2D eigenvalue weighted by molar-refractivity contribution is 5.98. The second-order valence-corrected chi connectivity index (χ2v) is 4.92. The summed E-state index contributed by atoms with van der Waals surface area (Å²) in [6.07, 6.45) is 0.894. The molecule has 3 rings (SSSR count). The average molecular weight is 275 g/mol. The van der Waals surface area contributed by atoms with E-state index >= 15 is 0 Å². The lowest BCUT2D eigenvalue weighted by atomic mass is 10.2. The van der Waals surface area contributed by atoms with E-state index in [-0.39, 0.29) is 5.69 Å². The van der Waals surface area contributed by atoms with Gasteiger partial charge < -0.3 is 14.8 Å². The number of hydrogen-bond acceptors (Lipinski definition) is 4. The number of aliphatic carboxylic acids is 1.